The smallest absolute Gasteiger partial charge is 0.232 e. The van der Waals surface area contributed by atoms with E-state index in [1.165, 1.54) is 12.8 Å². The van der Waals surface area contributed by atoms with Crippen molar-refractivity contribution in [3.63, 3.8) is 0 Å². The molecule has 2 atom stereocenters. The van der Waals surface area contributed by atoms with Crippen molar-refractivity contribution in [1.82, 2.24) is 4.90 Å². The van der Waals surface area contributed by atoms with E-state index in [-0.39, 0.29) is 5.92 Å². The maximum absolute atomic E-state index is 13.0. The molecule has 0 bridgehead atoms. The van der Waals surface area contributed by atoms with Gasteiger partial charge in [0, 0.05) is 37.3 Å². The number of benzene rings is 1. The van der Waals surface area contributed by atoms with E-state index in [1.54, 1.807) is 0 Å². The van der Waals surface area contributed by atoms with E-state index in [9.17, 15) is 4.79 Å². The van der Waals surface area contributed by atoms with Gasteiger partial charge in [-0.15, -0.1) is 0 Å². The van der Waals surface area contributed by atoms with Crippen molar-refractivity contribution < 1.29 is 9.53 Å². The number of anilines is 1. The summed E-state index contributed by atoms with van der Waals surface area (Å²) in [4.78, 5) is 15.2. The van der Waals surface area contributed by atoms with Gasteiger partial charge in [-0.3, -0.25) is 4.79 Å². The molecule has 0 aromatic heterocycles. The van der Waals surface area contributed by atoms with Crippen molar-refractivity contribution in [2.24, 2.45) is 5.92 Å². The van der Waals surface area contributed by atoms with Gasteiger partial charge in [0.15, 0.2) is 0 Å². The number of carbonyl (C=O) groups excluding carboxylic acids is 1. The highest BCUT2D eigenvalue weighted by Crippen LogP contribution is 2.36. The number of nitrogens with one attached hydrogen (secondary N) is 1. The van der Waals surface area contributed by atoms with Gasteiger partial charge in [-0.25, -0.2) is 0 Å². The van der Waals surface area contributed by atoms with E-state index in [1.807, 2.05) is 12.1 Å². The molecular weight excluding hydrogens is 264 g/mol. The molecule has 4 heteroatoms. The van der Waals surface area contributed by atoms with Crippen molar-refractivity contribution in [2.75, 3.05) is 31.6 Å². The molecular formula is C17H22N2O2. The minimum absolute atomic E-state index is 0.0101. The number of hydrogen-bond acceptors (Lipinski definition) is 3. The molecule has 1 aromatic rings. The molecule has 3 aliphatic rings. The Hall–Kier alpha value is -1.55. The van der Waals surface area contributed by atoms with Crippen molar-refractivity contribution in [3.05, 3.63) is 29.8 Å². The van der Waals surface area contributed by atoms with Gasteiger partial charge >= 0.3 is 0 Å². The lowest BCUT2D eigenvalue weighted by atomic mass is 9.98. The third-order valence-corrected chi connectivity index (χ3v) is 4.88. The Bertz CT molecular complexity index is 535. The molecule has 2 aliphatic heterocycles. The SMILES string of the molecule is O=C(C1CNc2ccccc21)N(CC1CCOC1)C1CC1. The van der Waals surface area contributed by atoms with Crippen molar-refractivity contribution in [1.29, 1.82) is 0 Å². The summed E-state index contributed by atoms with van der Waals surface area (Å²) in [6, 6.07) is 8.67. The topological polar surface area (TPSA) is 41.6 Å². The van der Waals surface area contributed by atoms with Crippen LogP contribution in [0.3, 0.4) is 0 Å². The van der Waals surface area contributed by atoms with E-state index >= 15 is 0 Å². The maximum Gasteiger partial charge on any atom is 0.232 e. The van der Waals surface area contributed by atoms with Crippen molar-refractivity contribution in [3.8, 4) is 0 Å². The zero-order chi connectivity index (χ0) is 14.2. The number of ether oxygens (including phenoxy) is 1. The van der Waals surface area contributed by atoms with Crippen LogP contribution in [0.1, 0.15) is 30.7 Å². The van der Waals surface area contributed by atoms with Gasteiger partial charge in [-0.05, 0) is 30.9 Å². The average Bonchev–Trinajstić information content (AvgIpc) is 3.05. The first kappa shape index (κ1) is 13.1. The standard InChI is InChI=1S/C17H22N2O2/c20-17(15-9-18-16-4-2-1-3-14(15)16)19(13-5-6-13)10-12-7-8-21-11-12/h1-4,12-13,15,18H,5-11H2. The number of hydrogen-bond donors (Lipinski definition) is 1. The third kappa shape index (κ3) is 2.53. The summed E-state index contributed by atoms with van der Waals surface area (Å²) in [5.41, 5.74) is 2.28. The minimum atomic E-state index is -0.0101. The molecule has 1 aromatic carbocycles. The quantitative estimate of drug-likeness (QED) is 0.923. The highest BCUT2D eigenvalue weighted by Gasteiger charge is 2.39. The molecule has 21 heavy (non-hydrogen) atoms. The van der Waals surface area contributed by atoms with Gasteiger partial charge in [0.2, 0.25) is 5.91 Å². The van der Waals surface area contributed by atoms with E-state index in [0.29, 0.717) is 17.9 Å². The number of nitrogens with zero attached hydrogens (tertiary/aromatic N) is 1. The molecule has 4 nitrogen and oxygen atoms in total. The van der Waals surface area contributed by atoms with Crippen LogP contribution in [0.4, 0.5) is 5.69 Å². The highest BCUT2D eigenvalue weighted by molar-refractivity contribution is 5.88. The normalized spacial score (nSPS) is 27.2. The van der Waals surface area contributed by atoms with E-state index < -0.39 is 0 Å². The molecule has 1 saturated heterocycles. The largest absolute Gasteiger partial charge is 0.384 e. The summed E-state index contributed by atoms with van der Waals surface area (Å²) in [6.45, 7) is 3.28. The molecule has 2 fully saturated rings. The van der Waals surface area contributed by atoms with Crippen LogP contribution in [-0.4, -0.2) is 43.2 Å². The Morgan fingerprint density at radius 3 is 2.90 bits per heavy atom. The van der Waals surface area contributed by atoms with Crippen molar-refractivity contribution >= 4 is 11.6 Å². The van der Waals surface area contributed by atoms with Crippen LogP contribution < -0.4 is 5.32 Å². The first-order valence-corrected chi connectivity index (χ1v) is 8.04. The van der Waals surface area contributed by atoms with E-state index in [4.69, 9.17) is 4.74 Å². The number of fused-ring (bicyclic) bond motifs is 1. The van der Waals surface area contributed by atoms with Gasteiger partial charge < -0.3 is 15.0 Å². The van der Waals surface area contributed by atoms with E-state index in [2.05, 4.69) is 22.3 Å². The van der Waals surface area contributed by atoms with E-state index in [0.717, 1.165) is 44.0 Å². The maximum atomic E-state index is 13.0. The number of amides is 1. The van der Waals surface area contributed by atoms with Crippen LogP contribution in [0.15, 0.2) is 24.3 Å². The Kier molecular flexibility index (Phi) is 3.34. The number of para-hydroxylation sites is 1. The summed E-state index contributed by atoms with van der Waals surface area (Å²) >= 11 is 0. The zero-order valence-electron chi connectivity index (χ0n) is 12.3. The minimum Gasteiger partial charge on any atom is -0.384 e. The van der Waals surface area contributed by atoms with Gasteiger partial charge in [0.1, 0.15) is 0 Å². The summed E-state index contributed by atoms with van der Waals surface area (Å²) < 4.78 is 5.47. The summed E-state index contributed by atoms with van der Waals surface area (Å²) in [6.07, 6.45) is 3.43. The first-order valence-electron chi connectivity index (χ1n) is 8.04. The second-order valence-corrected chi connectivity index (χ2v) is 6.47. The fraction of sp³-hybridized carbons (Fsp3) is 0.588. The van der Waals surface area contributed by atoms with Gasteiger partial charge in [0.25, 0.3) is 0 Å². The fourth-order valence-corrected chi connectivity index (χ4v) is 3.52. The molecule has 0 radical (unpaired) electrons. The lowest BCUT2D eigenvalue weighted by molar-refractivity contribution is -0.133. The summed E-state index contributed by atoms with van der Waals surface area (Å²) in [5, 5.41) is 3.37. The number of carbonyl (C=O) groups is 1. The monoisotopic (exact) mass is 286 g/mol. The van der Waals surface area contributed by atoms with Crippen LogP contribution in [0, 0.1) is 5.92 Å². The molecule has 1 amide bonds. The van der Waals surface area contributed by atoms with Crippen LogP contribution >= 0.6 is 0 Å². The second kappa shape index (κ2) is 5.34. The van der Waals surface area contributed by atoms with Crippen LogP contribution in [0.25, 0.3) is 0 Å². The Balaban J connectivity index is 1.52. The average molecular weight is 286 g/mol. The zero-order valence-corrected chi connectivity index (χ0v) is 12.3. The molecule has 2 heterocycles. The molecule has 4 rings (SSSR count). The highest BCUT2D eigenvalue weighted by atomic mass is 16.5. The van der Waals surface area contributed by atoms with Crippen LogP contribution in [0.2, 0.25) is 0 Å². The lowest BCUT2D eigenvalue weighted by Crippen LogP contribution is -2.40. The molecule has 1 N–H and O–H groups in total. The van der Waals surface area contributed by atoms with Crippen LogP contribution in [0.5, 0.6) is 0 Å². The fourth-order valence-electron chi connectivity index (χ4n) is 3.52. The predicted octanol–water partition coefficient (Wildman–Crippen LogP) is 2.22. The first-order chi connectivity index (χ1) is 10.3. The van der Waals surface area contributed by atoms with Gasteiger partial charge in [-0.2, -0.15) is 0 Å². The number of rotatable bonds is 4. The Morgan fingerprint density at radius 1 is 1.29 bits per heavy atom. The van der Waals surface area contributed by atoms with Crippen molar-refractivity contribution in [2.45, 2.75) is 31.2 Å². The third-order valence-electron chi connectivity index (χ3n) is 4.88. The van der Waals surface area contributed by atoms with Gasteiger partial charge in [0.05, 0.1) is 12.5 Å². The second-order valence-electron chi connectivity index (χ2n) is 6.47. The molecule has 0 spiro atoms. The van der Waals surface area contributed by atoms with Crippen LogP contribution in [-0.2, 0) is 9.53 Å². The summed E-state index contributed by atoms with van der Waals surface area (Å²) in [5.74, 6) is 0.824. The predicted molar refractivity (Wildman–Crippen MR) is 81.3 cm³/mol. The molecule has 1 saturated carbocycles. The Morgan fingerprint density at radius 2 is 2.14 bits per heavy atom. The molecule has 112 valence electrons. The van der Waals surface area contributed by atoms with Gasteiger partial charge in [-0.1, -0.05) is 18.2 Å². The summed E-state index contributed by atoms with van der Waals surface area (Å²) in [7, 11) is 0. The lowest BCUT2D eigenvalue weighted by Gasteiger charge is -2.28. The Labute approximate surface area is 125 Å². The molecule has 1 aliphatic carbocycles. The molecule has 2 unspecified atom stereocenters.